The Morgan fingerprint density at radius 1 is 1.89 bits per heavy atom. The molecule has 0 aliphatic carbocycles. The molecule has 1 atom stereocenters. The molecule has 48 valence electrons. The van der Waals surface area contributed by atoms with Crippen molar-refractivity contribution >= 4 is 0 Å². The molecule has 0 saturated carbocycles. The summed E-state index contributed by atoms with van der Waals surface area (Å²) in [5.41, 5.74) is 1.05. The summed E-state index contributed by atoms with van der Waals surface area (Å²) in [5.74, 6) is 0. The molecular formula is C6H8N2O. The van der Waals surface area contributed by atoms with Crippen LogP contribution in [0.3, 0.4) is 0 Å². The predicted octanol–water partition coefficient (Wildman–Crippen LogP) is 0.491. The van der Waals surface area contributed by atoms with Crippen LogP contribution >= 0.6 is 0 Å². The van der Waals surface area contributed by atoms with Gasteiger partial charge in [-0.2, -0.15) is 0 Å². The van der Waals surface area contributed by atoms with Crippen molar-refractivity contribution in [3.05, 3.63) is 18.2 Å². The summed E-state index contributed by atoms with van der Waals surface area (Å²) in [6.07, 6.45) is 4.07. The van der Waals surface area contributed by atoms with Gasteiger partial charge in [-0.25, -0.2) is 4.98 Å². The molecule has 1 aliphatic rings. The van der Waals surface area contributed by atoms with Gasteiger partial charge < -0.3 is 9.30 Å². The minimum atomic E-state index is 0.297. The lowest BCUT2D eigenvalue weighted by molar-refractivity contribution is 0.412. The zero-order valence-electron chi connectivity index (χ0n) is 5.24. The molecule has 3 heteroatoms. The second-order valence-electron chi connectivity index (χ2n) is 2.29. The lowest BCUT2D eigenvalue weighted by atomic mass is 10.4. The van der Waals surface area contributed by atoms with Gasteiger partial charge in [0.1, 0.15) is 6.10 Å². The first-order valence-corrected chi connectivity index (χ1v) is 2.96. The van der Waals surface area contributed by atoms with Gasteiger partial charge in [-0.1, -0.05) is 0 Å². The van der Waals surface area contributed by atoms with Gasteiger partial charge in [0, 0.05) is 13.2 Å². The predicted molar refractivity (Wildman–Crippen MR) is 31.9 cm³/mol. The Bertz CT molecular complexity index is 215. The number of aryl methyl sites for hydroxylation is 1. The Morgan fingerprint density at radius 2 is 2.67 bits per heavy atom. The highest BCUT2D eigenvalue weighted by atomic mass is 16.6. The first-order chi connectivity index (χ1) is 4.36. The van der Waals surface area contributed by atoms with Gasteiger partial charge in [-0.05, 0) is 0 Å². The maximum Gasteiger partial charge on any atom is 0.124 e. The van der Waals surface area contributed by atoms with Gasteiger partial charge in [-0.15, -0.1) is 0 Å². The fraction of sp³-hybridized carbons (Fsp3) is 0.500. The zero-order chi connectivity index (χ0) is 6.27. The maximum absolute atomic E-state index is 5.03. The fourth-order valence-corrected chi connectivity index (χ4v) is 0.818. The molecule has 1 aromatic heterocycles. The van der Waals surface area contributed by atoms with Gasteiger partial charge in [0.2, 0.25) is 0 Å². The normalized spacial score (nSPS) is 24.3. The van der Waals surface area contributed by atoms with E-state index in [0.29, 0.717) is 6.10 Å². The van der Waals surface area contributed by atoms with E-state index in [1.807, 2.05) is 17.8 Å². The summed E-state index contributed by atoms with van der Waals surface area (Å²) >= 11 is 0. The minimum absolute atomic E-state index is 0.297. The maximum atomic E-state index is 5.03. The fourth-order valence-electron chi connectivity index (χ4n) is 0.818. The molecule has 1 aromatic rings. The summed E-state index contributed by atoms with van der Waals surface area (Å²) < 4.78 is 6.96. The van der Waals surface area contributed by atoms with Crippen LogP contribution in [0, 0.1) is 0 Å². The van der Waals surface area contributed by atoms with Crippen molar-refractivity contribution in [2.75, 3.05) is 6.61 Å². The van der Waals surface area contributed by atoms with Crippen LogP contribution in [0.25, 0.3) is 0 Å². The highest BCUT2D eigenvalue weighted by Gasteiger charge is 2.26. The van der Waals surface area contributed by atoms with E-state index in [0.717, 1.165) is 12.3 Å². The minimum Gasteiger partial charge on any atom is -0.366 e. The van der Waals surface area contributed by atoms with Crippen LogP contribution in [0.5, 0.6) is 0 Å². The van der Waals surface area contributed by atoms with E-state index in [1.54, 1.807) is 6.33 Å². The third-order valence-corrected chi connectivity index (χ3v) is 1.39. The van der Waals surface area contributed by atoms with Crippen molar-refractivity contribution in [3.8, 4) is 0 Å². The largest absolute Gasteiger partial charge is 0.366 e. The first-order valence-electron chi connectivity index (χ1n) is 2.96. The van der Waals surface area contributed by atoms with E-state index >= 15 is 0 Å². The molecule has 0 aromatic carbocycles. The van der Waals surface area contributed by atoms with Crippen LogP contribution in [0.2, 0.25) is 0 Å². The van der Waals surface area contributed by atoms with E-state index in [9.17, 15) is 0 Å². The van der Waals surface area contributed by atoms with E-state index in [2.05, 4.69) is 4.98 Å². The van der Waals surface area contributed by atoms with Gasteiger partial charge in [0.05, 0.1) is 18.6 Å². The molecule has 0 bridgehead atoms. The van der Waals surface area contributed by atoms with Gasteiger partial charge >= 0.3 is 0 Å². The van der Waals surface area contributed by atoms with Crippen molar-refractivity contribution in [2.45, 2.75) is 6.10 Å². The summed E-state index contributed by atoms with van der Waals surface area (Å²) in [6.45, 7) is 0.844. The van der Waals surface area contributed by atoms with Crippen molar-refractivity contribution in [3.63, 3.8) is 0 Å². The highest BCUT2D eigenvalue weighted by Crippen LogP contribution is 2.27. The summed E-state index contributed by atoms with van der Waals surface area (Å²) in [6, 6.07) is 0. The van der Waals surface area contributed by atoms with Gasteiger partial charge in [-0.3, -0.25) is 0 Å². The average molecular weight is 124 g/mol. The molecule has 3 nitrogen and oxygen atoms in total. The topological polar surface area (TPSA) is 30.4 Å². The van der Waals surface area contributed by atoms with Crippen molar-refractivity contribution in [1.29, 1.82) is 0 Å². The number of rotatable bonds is 1. The molecule has 0 radical (unpaired) electrons. The van der Waals surface area contributed by atoms with Crippen LogP contribution in [0.15, 0.2) is 12.5 Å². The second-order valence-corrected chi connectivity index (χ2v) is 2.29. The monoisotopic (exact) mass is 124 g/mol. The number of imidazole rings is 1. The van der Waals surface area contributed by atoms with Crippen LogP contribution in [-0.2, 0) is 11.8 Å². The van der Waals surface area contributed by atoms with Crippen LogP contribution < -0.4 is 0 Å². The number of hydrogen-bond donors (Lipinski definition) is 0. The Hall–Kier alpha value is -0.830. The Morgan fingerprint density at radius 3 is 3.11 bits per heavy atom. The van der Waals surface area contributed by atoms with E-state index in [-0.39, 0.29) is 0 Å². The van der Waals surface area contributed by atoms with Crippen molar-refractivity contribution in [2.24, 2.45) is 7.05 Å². The van der Waals surface area contributed by atoms with Crippen LogP contribution in [0.1, 0.15) is 11.8 Å². The molecule has 0 N–H and O–H groups in total. The lowest BCUT2D eigenvalue weighted by Gasteiger charge is -1.81. The van der Waals surface area contributed by atoms with Crippen molar-refractivity contribution in [1.82, 2.24) is 9.55 Å². The second kappa shape index (κ2) is 1.57. The van der Waals surface area contributed by atoms with Gasteiger partial charge in [0.15, 0.2) is 0 Å². The highest BCUT2D eigenvalue weighted by molar-refractivity contribution is 5.05. The molecule has 0 unspecified atom stereocenters. The quantitative estimate of drug-likeness (QED) is 0.510. The Balaban J connectivity index is 2.28. The van der Waals surface area contributed by atoms with E-state index in [1.165, 1.54) is 0 Å². The number of ether oxygens (including phenoxy) is 1. The molecule has 0 amide bonds. The number of epoxide rings is 1. The summed E-state index contributed by atoms with van der Waals surface area (Å²) in [4.78, 5) is 4.12. The van der Waals surface area contributed by atoms with E-state index in [4.69, 9.17) is 4.74 Å². The third kappa shape index (κ3) is 0.833. The number of hydrogen-bond acceptors (Lipinski definition) is 2. The smallest absolute Gasteiger partial charge is 0.124 e. The molecule has 1 aliphatic heterocycles. The van der Waals surface area contributed by atoms with Gasteiger partial charge in [0.25, 0.3) is 0 Å². The standard InChI is InChI=1S/C6H8N2O/c1-8-2-5(7-4-8)6-3-9-6/h2,4,6H,3H2,1H3/t6-/m0/s1. The lowest BCUT2D eigenvalue weighted by Crippen LogP contribution is -1.79. The Kier molecular flexibility index (Phi) is 0.873. The Labute approximate surface area is 53.3 Å². The molecular weight excluding hydrogens is 116 g/mol. The van der Waals surface area contributed by atoms with Crippen molar-refractivity contribution < 1.29 is 4.74 Å². The van der Waals surface area contributed by atoms with Crippen LogP contribution in [0.4, 0.5) is 0 Å². The molecule has 1 fully saturated rings. The number of aromatic nitrogens is 2. The molecule has 9 heavy (non-hydrogen) atoms. The molecule has 1 saturated heterocycles. The van der Waals surface area contributed by atoms with Crippen LogP contribution in [-0.4, -0.2) is 16.2 Å². The summed E-state index contributed by atoms with van der Waals surface area (Å²) in [7, 11) is 1.96. The molecule has 0 spiro atoms. The third-order valence-electron chi connectivity index (χ3n) is 1.39. The zero-order valence-corrected chi connectivity index (χ0v) is 5.24. The average Bonchev–Trinajstić information content (AvgIpc) is 2.58. The summed E-state index contributed by atoms with van der Waals surface area (Å²) in [5, 5.41) is 0. The SMILES string of the molecule is Cn1cnc([C@@H]2CO2)c1. The number of nitrogens with zero attached hydrogens (tertiary/aromatic N) is 2. The molecule has 2 rings (SSSR count). The van der Waals surface area contributed by atoms with E-state index < -0.39 is 0 Å². The molecule has 2 heterocycles. The first kappa shape index (κ1) is 4.99.